The second kappa shape index (κ2) is 8.19. The van der Waals surface area contributed by atoms with Crippen LogP contribution in [-0.2, 0) is 14.8 Å². The highest BCUT2D eigenvalue weighted by Gasteiger charge is 2.26. The number of nitrogens with one attached hydrogen (secondary N) is 1. The van der Waals surface area contributed by atoms with Crippen molar-refractivity contribution >= 4 is 21.6 Å². The largest absolute Gasteiger partial charge is 0.355 e. The maximum atomic E-state index is 13.8. The minimum absolute atomic E-state index is 0.352. The van der Waals surface area contributed by atoms with E-state index in [9.17, 15) is 26.4 Å². The molecule has 1 aromatic rings. The van der Waals surface area contributed by atoms with Crippen LogP contribution in [0.4, 0.5) is 18.9 Å². The highest BCUT2D eigenvalue weighted by molar-refractivity contribution is 7.92. The zero-order valence-electron chi connectivity index (χ0n) is 12.9. The van der Waals surface area contributed by atoms with Gasteiger partial charge in [0.15, 0.2) is 17.5 Å². The van der Waals surface area contributed by atoms with Gasteiger partial charge in [-0.05, 0) is 18.6 Å². The molecule has 1 rings (SSSR count). The van der Waals surface area contributed by atoms with E-state index in [1.807, 2.05) is 6.92 Å². The minimum Gasteiger partial charge on any atom is -0.355 e. The summed E-state index contributed by atoms with van der Waals surface area (Å²) >= 11 is 0. The number of amides is 1. The molecule has 9 heteroatoms. The first kappa shape index (κ1) is 19.3. The molecular weight excluding hydrogens is 333 g/mol. The molecule has 23 heavy (non-hydrogen) atoms. The van der Waals surface area contributed by atoms with Crippen molar-refractivity contribution in [3.8, 4) is 0 Å². The van der Waals surface area contributed by atoms with Crippen LogP contribution in [0.5, 0.6) is 0 Å². The molecule has 0 saturated heterocycles. The SMILES string of the molecule is CCCCCNC(=O)CN(c1ccc(F)c(F)c1F)S(C)(=O)=O. The lowest BCUT2D eigenvalue weighted by atomic mass is 10.2. The maximum Gasteiger partial charge on any atom is 0.240 e. The minimum atomic E-state index is -4.06. The molecule has 1 aromatic carbocycles. The predicted octanol–water partition coefficient (Wildman–Crippen LogP) is 2.18. The molecule has 0 aliphatic rings. The number of benzene rings is 1. The van der Waals surface area contributed by atoms with E-state index in [0.29, 0.717) is 16.9 Å². The summed E-state index contributed by atoms with van der Waals surface area (Å²) in [7, 11) is -4.06. The number of hydrogen-bond donors (Lipinski definition) is 1. The van der Waals surface area contributed by atoms with Crippen LogP contribution in [-0.4, -0.2) is 33.7 Å². The highest BCUT2D eigenvalue weighted by Crippen LogP contribution is 2.25. The Labute approximate surface area is 133 Å². The van der Waals surface area contributed by atoms with E-state index in [2.05, 4.69) is 5.32 Å². The van der Waals surface area contributed by atoms with Crippen molar-refractivity contribution in [3.63, 3.8) is 0 Å². The predicted molar refractivity (Wildman–Crippen MR) is 81.0 cm³/mol. The lowest BCUT2D eigenvalue weighted by molar-refractivity contribution is -0.119. The van der Waals surface area contributed by atoms with Gasteiger partial charge in [-0.2, -0.15) is 0 Å². The van der Waals surface area contributed by atoms with Gasteiger partial charge >= 0.3 is 0 Å². The fourth-order valence-corrected chi connectivity index (χ4v) is 2.73. The number of unbranched alkanes of at least 4 members (excludes halogenated alkanes) is 2. The number of rotatable bonds is 8. The van der Waals surface area contributed by atoms with E-state index in [0.717, 1.165) is 31.6 Å². The Hall–Kier alpha value is -1.77. The molecule has 0 aliphatic heterocycles. The first-order valence-corrected chi connectivity index (χ1v) is 8.91. The highest BCUT2D eigenvalue weighted by atomic mass is 32.2. The Bertz CT molecular complexity index is 665. The Kier molecular flexibility index (Phi) is 6.86. The number of halogens is 3. The zero-order valence-corrected chi connectivity index (χ0v) is 13.7. The molecule has 0 spiro atoms. The Balaban J connectivity index is 2.95. The summed E-state index contributed by atoms with van der Waals surface area (Å²) in [5.74, 6) is -5.55. The van der Waals surface area contributed by atoms with E-state index in [1.54, 1.807) is 0 Å². The maximum absolute atomic E-state index is 13.8. The molecule has 130 valence electrons. The van der Waals surface area contributed by atoms with Gasteiger partial charge in [-0.15, -0.1) is 0 Å². The number of sulfonamides is 1. The van der Waals surface area contributed by atoms with Crippen molar-refractivity contribution < 1.29 is 26.4 Å². The smallest absolute Gasteiger partial charge is 0.240 e. The van der Waals surface area contributed by atoms with Gasteiger partial charge in [0.1, 0.15) is 6.54 Å². The van der Waals surface area contributed by atoms with Crippen molar-refractivity contribution in [2.24, 2.45) is 0 Å². The molecule has 5 nitrogen and oxygen atoms in total. The Morgan fingerprint density at radius 3 is 2.39 bits per heavy atom. The zero-order chi connectivity index (χ0) is 17.6. The molecule has 0 radical (unpaired) electrons. The van der Waals surface area contributed by atoms with E-state index in [1.165, 1.54) is 0 Å². The summed E-state index contributed by atoms with van der Waals surface area (Å²) in [4.78, 5) is 11.8. The van der Waals surface area contributed by atoms with Crippen molar-refractivity contribution in [1.82, 2.24) is 5.32 Å². The second-order valence-electron chi connectivity index (χ2n) is 5.02. The first-order valence-electron chi connectivity index (χ1n) is 7.06. The van der Waals surface area contributed by atoms with Crippen LogP contribution < -0.4 is 9.62 Å². The summed E-state index contributed by atoms with van der Waals surface area (Å²) in [5.41, 5.74) is -0.713. The number of carbonyl (C=O) groups excluding carboxylic acids is 1. The Morgan fingerprint density at radius 1 is 1.17 bits per heavy atom. The van der Waals surface area contributed by atoms with Gasteiger partial charge < -0.3 is 5.32 Å². The number of nitrogens with zero attached hydrogens (tertiary/aromatic N) is 1. The second-order valence-corrected chi connectivity index (χ2v) is 6.93. The van der Waals surface area contributed by atoms with Gasteiger partial charge in [0.05, 0.1) is 11.9 Å². The topological polar surface area (TPSA) is 66.5 Å². The van der Waals surface area contributed by atoms with Gasteiger partial charge in [-0.1, -0.05) is 19.8 Å². The van der Waals surface area contributed by atoms with Gasteiger partial charge in [0.25, 0.3) is 0 Å². The van der Waals surface area contributed by atoms with Crippen LogP contribution in [0.1, 0.15) is 26.2 Å². The molecule has 0 atom stereocenters. The quantitative estimate of drug-likeness (QED) is 0.576. The lowest BCUT2D eigenvalue weighted by Crippen LogP contribution is -2.41. The molecule has 1 N–H and O–H groups in total. The molecule has 0 bridgehead atoms. The summed E-state index contributed by atoms with van der Waals surface area (Å²) < 4.78 is 64.0. The third kappa shape index (κ3) is 5.42. The number of carbonyl (C=O) groups is 1. The van der Waals surface area contributed by atoms with Gasteiger partial charge in [0, 0.05) is 6.54 Å². The van der Waals surface area contributed by atoms with Crippen LogP contribution in [0.25, 0.3) is 0 Å². The fourth-order valence-electron chi connectivity index (χ4n) is 1.88. The number of anilines is 1. The molecular formula is C14H19F3N2O3S. The van der Waals surface area contributed by atoms with Gasteiger partial charge in [-0.3, -0.25) is 9.10 Å². The molecule has 0 aliphatic carbocycles. The van der Waals surface area contributed by atoms with Crippen LogP contribution >= 0.6 is 0 Å². The summed E-state index contributed by atoms with van der Waals surface area (Å²) in [5, 5.41) is 2.50. The van der Waals surface area contributed by atoms with Crippen LogP contribution in [0.3, 0.4) is 0 Å². The van der Waals surface area contributed by atoms with E-state index >= 15 is 0 Å². The van der Waals surface area contributed by atoms with Crippen molar-refractivity contribution in [2.45, 2.75) is 26.2 Å². The van der Waals surface area contributed by atoms with Crippen LogP contribution in [0.15, 0.2) is 12.1 Å². The molecule has 0 fully saturated rings. The van der Waals surface area contributed by atoms with Gasteiger partial charge in [0.2, 0.25) is 15.9 Å². The van der Waals surface area contributed by atoms with Crippen molar-refractivity contribution in [1.29, 1.82) is 0 Å². The van der Waals surface area contributed by atoms with Gasteiger partial charge in [-0.25, -0.2) is 21.6 Å². The third-order valence-electron chi connectivity index (χ3n) is 3.07. The standard InChI is InChI=1S/C14H19F3N2O3S/c1-3-4-5-8-18-12(20)9-19(23(2,21)22)11-7-6-10(15)13(16)14(11)17/h6-7H,3-5,8-9H2,1-2H3,(H,18,20). The average molecular weight is 352 g/mol. The third-order valence-corrected chi connectivity index (χ3v) is 4.20. The van der Waals surface area contributed by atoms with E-state index < -0.39 is 45.6 Å². The van der Waals surface area contributed by atoms with Crippen molar-refractivity contribution in [3.05, 3.63) is 29.6 Å². The lowest BCUT2D eigenvalue weighted by Gasteiger charge is -2.22. The van der Waals surface area contributed by atoms with Crippen LogP contribution in [0.2, 0.25) is 0 Å². The Morgan fingerprint density at radius 2 is 1.83 bits per heavy atom. The number of hydrogen-bond acceptors (Lipinski definition) is 3. The van der Waals surface area contributed by atoms with Crippen LogP contribution in [0, 0.1) is 17.5 Å². The average Bonchev–Trinajstić information content (AvgIpc) is 2.47. The molecule has 0 heterocycles. The fraction of sp³-hybridized carbons (Fsp3) is 0.500. The first-order chi connectivity index (χ1) is 10.7. The normalized spacial score (nSPS) is 11.3. The van der Waals surface area contributed by atoms with E-state index in [-0.39, 0.29) is 0 Å². The molecule has 0 saturated carbocycles. The van der Waals surface area contributed by atoms with E-state index in [4.69, 9.17) is 0 Å². The summed E-state index contributed by atoms with van der Waals surface area (Å²) in [6, 6.07) is 1.38. The molecule has 1 amide bonds. The summed E-state index contributed by atoms with van der Waals surface area (Å²) in [6.07, 6.45) is 3.32. The summed E-state index contributed by atoms with van der Waals surface area (Å²) in [6.45, 7) is 1.62. The van der Waals surface area contributed by atoms with Crippen molar-refractivity contribution in [2.75, 3.05) is 23.7 Å². The molecule has 0 aromatic heterocycles. The monoisotopic (exact) mass is 352 g/mol. The molecule has 0 unspecified atom stereocenters.